The first-order valence-corrected chi connectivity index (χ1v) is 5.08. The van der Waals surface area contributed by atoms with Crippen molar-refractivity contribution in [1.29, 1.82) is 0 Å². The topological polar surface area (TPSA) is 42.4 Å². The van der Waals surface area contributed by atoms with Crippen molar-refractivity contribution in [1.82, 2.24) is 9.88 Å². The third kappa shape index (κ3) is 2.04. The molecule has 0 aliphatic carbocycles. The monoisotopic (exact) mass is 256 g/mol. The van der Waals surface area contributed by atoms with E-state index in [0.29, 0.717) is 19.7 Å². The van der Waals surface area contributed by atoms with Crippen molar-refractivity contribution in [3.63, 3.8) is 0 Å². The number of aromatic nitrogens is 1. The van der Waals surface area contributed by atoms with Gasteiger partial charge in [0, 0.05) is 0 Å². The highest BCUT2D eigenvalue weighted by Gasteiger charge is 2.21. The molecule has 0 unspecified atom stereocenters. The number of halogens is 1. The molecule has 4 nitrogen and oxygen atoms in total. The maximum atomic E-state index is 11.1. The Morgan fingerprint density at radius 1 is 1.57 bits per heavy atom. The second-order valence-corrected chi connectivity index (χ2v) is 3.80. The molecule has 14 heavy (non-hydrogen) atoms. The van der Waals surface area contributed by atoms with Crippen molar-refractivity contribution in [3.8, 4) is 0 Å². The lowest BCUT2D eigenvalue weighted by Gasteiger charge is -2.11. The number of hydrogen-bond donors (Lipinski definition) is 0. The minimum Gasteiger partial charge on any atom is -0.448 e. The average molecular weight is 257 g/mol. The molecule has 1 fully saturated rings. The number of carbonyl (C=O) groups is 1. The molecule has 0 N–H and O–H groups in total. The van der Waals surface area contributed by atoms with E-state index in [1.807, 2.05) is 18.2 Å². The second-order valence-electron chi connectivity index (χ2n) is 2.99. The van der Waals surface area contributed by atoms with E-state index in [4.69, 9.17) is 4.74 Å². The van der Waals surface area contributed by atoms with Gasteiger partial charge in [0.15, 0.2) is 0 Å². The Kier molecular flexibility index (Phi) is 2.67. The molecule has 0 atom stereocenters. The molecule has 0 bridgehead atoms. The molecule has 2 heterocycles. The fourth-order valence-corrected chi connectivity index (χ4v) is 1.68. The van der Waals surface area contributed by atoms with Gasteiger partial charge in [0.1, 0.15) is 11.2 Å². The summed E-state index contributed by atoms with van der Waals surface area (Å²) in [6.07, 6.45) is -0.258. The predicted octanol–water partition coefficient (Wildman–Crippen LogP) is 1.80. The van der Waals surface area contributed by atoms with Crippen molar-refractivity contribution < 1.29 is 9.53 Å². The predicted molar refractivity (Wildman–Crippen MR) is 53.7 cm³/mol. The third-order valence-corrected chi connectivity index (χ3v) is 2.41. The molecule has 0 saturated carbocycles. The number of amides is 1. The second kappa shape index (κ2) is 3.96. The summed E-state index contributed by atoms with van der Waals surface area (Å²) >= 11 is 3.28. The van der Waals surface area contributed by atoms with Crippen LogP contribution in [0.5, 0.6) is 0 Å². The average Bonchev–Trinajstić information content (AvgIpc) is 2.52. The molecular formula is C9H9BrN2O2. The Hall–Kier alpha value is -1.10. The summed E-state index contributed by atoms with van der Waals surface area (Å²) in [5.74, 6) is 0. The Bertz CT molecular complexity index is 356. The zero-order valence-electron chi connectivity index (χ0n) is 7.44. The summed E-state index contributed by atoms with van der Waals surface area (Å²) in [4.78, 5) is 17.0. The number of rotatable bonds is 2. The van der Waals surface area contributed by atoms with E-state index < -0.39 is 0 Å². The lowest BCUT2D eigenvalue weighted by Crippen LogP contribution is -2.23. The molecule has 1 saturated heterocycles. The quantitative estimate of drug-likeness (QED) is 0.758. The molecule has 1 aliphatic rings. The van der Waals surface area contributed by atoms with Crippen LogP contribution in [-0.2, 0) is 11.3 Å². The molecule has 1 aromatic rings. The number of carbonyl (C=O) groups excluding carboxylic acids is 1. The Labute approximate surface area is 90.0 Å². The first kappa shape index (κ1) is 9.45. The Balaban J connectivity index is 2.07. The van der Waals surface area contributed by atoms with Crippen LogP contribution in [0, 0.1) is 0 Å². The van der Waals surface area contributed by atoms with E-state index in [2.05, 4.69) is 20.9 Å². The van der Waals surface area contributed by atoms with E-state index in [1.54, 1.807) is 4.90 Å². The largest absolute Gasteiger partial charge is 0.448 e. The lowest BCUT2D eigenvalue weighted by atomic mass is 10.3. The summed E-state index contributed by atoms with van der Waals surface area (Å²) in [6.45, 7) is 1.64. The van der Waals surface area contributed by atoms with E-state index in [-0.39, 0.29) is 6.09 Å². The fourth-order valence-electron chi connectivity index (χ4n) is 1.30. The summed E-state index contributed by atoms with van der Waals surface area (Å²) in [5, 5.41) is 0. The SMILES string of the molecule is O=C1OCCN1Cc1cccc(Br)n1. The molecule has 0 spiro atoms. The van der Waals surface area contributed by atoms with Crippen molar-refractivity contribution in [3.05, 3.63) is 28.5 Å². The maximum Gasteiger partial charge on any atom is 0.410 e. The smallest absolute Gasteiger partial charge is 0.410 e. The van der Waals surface area contributed by atoms with Gasteiger partial charge in [-0.15, -0.1) is 0 Å². The molecule has 1 aliphatic heterocycles. The van der Waals surface area contributed by atoms with Gasteiger partial charge < -0.3 is 4.74 Å². The maximum absolute atomic E-state index is 11.1. The van der Waals surface area contributed by atoms with Gasteiger partial charge in [-0.3, -0.25) is 4.90 Å². The van der Waals surface area contributed by atoms with Crippen molar-refractivity contribution in [2.24, 2.45) is 0 Å². The van der Waals surface area contributed by atoms with Crippen LogP contribution >= 0.6 is 15.9 Å². The van der Waals surface area contributed by atoms with Gasteiger partial charge in [-0.05, 0) is 28.1 Å². The molecule has 2 rings (SSSR count). The zero-order valence-corrected chi connectivity index (χ0v) is 9.03. The Morgan fingerprint density at radius 3 is 3.07 bits per heavy atom. The molecule has 5 heteroatoms. The summed E-state index contributed by atoms with van der Waals surface area (Å²) in [5.41, 5.74) is 0.859. The van der Waals surface area contributed by atoms with E-state index >= 15 is 0 Å². The number of ether oxygens (including phenoxy) is 1. The first-order chi connectivity index (χ1) is 6.75. The highest BCUT2D eigenvalue weighted by Crippen LogP contribution is 2.11. The van der Waals surface area contributed by atoms with Gasteiger partial charge in [0.2, 0.25) is 0 Å². The van der Waals surface area contributed by atoms with Crippen LogP contribution in [0.1, 0.15) is 5.69 Å². The van der Waals surface area contributed by atoms with Crippen LogP contribution in [0.4, 0.5) is 4.79 Å². The minimum absolute atomic E-state index is 0.258. The van der Waals surface area contributed by atoms with Crippen molar-refractivity contribution in [2.75, 3.05) is 13.2 Å². The van der Waals surface area contributed by atoms with Gasteiger partial charge in [0.25, 0.3) is 0 Å². The van der Waals surface area contributed by atoms with Crippen LogP contribution in [0.2, 0.25) is 0 Å². The van der Waals surface area contributed by atoms with Crippen molar-refractivity contribution in [2.45, 2.75) is 6.54 Å². The van der Waals surface area contributed by atoms with Gasteiger partial charge in [-0.25, -0.2) is 9.78 Å². The summed E-state index contributed by atoms with van der Waals surface area (Å²) < 4.78 is 5.60. The minimum atomic E-state index is -0.258. The van der Waals surface area contributed by atoms with Crippen LogP contribution < -0.4 is 0 Å². The highest BCUT2D eigenvalue weighted by atomic mass is 79.9. The van der Waals surface area contributed by atoms with E-state index in [9.17, 15) is 4.79 Å². The van der Waals surface area contributed by atoms with Crippen LogP contribution in [0.3, 0.4) is 0 Å². The van der Waals surface area contributed by atoms with E-state index in [1.165, 1.54) is 0 Å². The molecular weight excluding hydrogens is 248 g/mol. The fraction of sp³-hybridized carbons (Fsp3) is 0.333. The van der Waals surface area contributed by atoms with Gasteiger partial charge >= 0.3 is 6.09 Å². The molecule has 0 radical (unpaired) electrons. The number of nitrogens with zero attached hydrogens (tertiary/aromatic N) is 2. The lowest BCUT2D eigenvalue weighted by molar-refractivity contribution is 0.157. The van der Waals surface area contributed by atoms with Gasteiger partial charge in [-0.2, -0.15) is 0 Å². The normalized spacial score (nSPS) is 15.8. The van der Waals surface area contributed by atoms with Crippen LogP contribution in [-0.4, -0.2) is 29.1 Å². The number of pyridine rings is 1. The highest BCUT2D eigenvalue weighted by molar-refractivity contribution is 9.10. The summed E-state index contributed by atoms with van der Waals surface area (Å²) in [6, 6.07) is 5.63. The number of hydrogen-bond acceptors (Lipinski definition) is 3. The summed E-state index contributed by atoms with van der Waals surface area (Å²) in [7, 11) is 0. The van der Waals surface area contributed by atoms with Gasteiger partial charge in [-0.1, -0.05) is 6.07 Å². The molecule has 0 aromatic carbocycles. The zero-order chi connectivity index (χ0) is 9.97. The van der Waals surface area contributed by atoms with Crippen LogP contribution in [0.25, 0.3) is 0 Å². The standard InChI is InChI=1S/C9H9BrN2O2/c10-8-3-1-2-7(11-8)6-12-4-5-14-9(12)13/h1-3H,4-6H2. The Morgan fingerprint density at radius 2 is 2.43 bits per heavy atom. The molecule has 74 valence electrons. The van der Waals surface area contributed by atoms with Crippen molar-refractivity contribution >= 4 is 22.0 Å². The van der Waals surface area contributed by atoms with Crippen LogP contribution in [0.15, 0.2) is 22.8 Å². The van der Waals surface area contributed by atoms with E-state index in [0.717, 1.165) is 10.3 Å². The molecule has 1 aromatic heterocycles. The van der Waals surface area contributed by atoms with Gasteiger partial charge in [0.05, 0.1) is 18.8 Å². The number of cyclic esters (lactones) is 1. The first-order valence-electron chi connectivity index (χ1n) is 4.29. The molecule has 1 amide bonds. The third-order valence-electron chi connectivity index (χ3n) is 1.97.